The van der Waals surface area contributed by atoms with Crippen LogP contribution in [0.25, 0.3) is 0 Å². The van der Waals surface area contributed by atoms with Crippen molar-refractivity contribution in [2.75, 3.05) is 7.05 Å². The highest BCUT2D eigenvalue weighted by atomic mass is 19.1. The molecule has 1 nitrogen and oxygen atoms in total. The minimum Gasteiger partial charge on any atom is -0.314 e. The number of hydrogen-bond donors (Lipinski definition) is 1. The van der Waals surface area contributed by atoms with Crippen molar-refractivity contribution in [3.63, 3.8) is 0 Å². The molecular weight excluding hydrogens is 184 g/mol. The molecule has 0 aromatic heterocycles. The molecule has 0 aliphatic carbocycles. The van der Waals surface area contributed by atoms with Crippen LogP contribution in [0, 0.1) is 11.6 Å². The van der Waals surface area contributed by atoms with Crippen molar-refractivity contribution in [3.8, 4) is 0 Å². The van der Waals surface area contributed by atoms with Crippen LogP contribution in [-0.2, 0) is 6.42 Å². The lowest BCUT2D eigenvalue weighted by molar-refractivity contribution is 0.403. The summed E-state index contributed by atoms with van der Waals surface area (Å²) in [5, 5.41) is 3.01. The van der Waals surface area contributed by atoms with E-state index in [0.717, 1.165) is 0 Å². The summed E-state index contributed by atoms with van der Waals surface area (Å²) < 4.78 is 26.5. The summed E-state index contributed by atoms with van der Waals surface area (Å²) in [6, 6.07) is 3.94. The Morgan fingerprint density at radius 3 is 2.14 bits per heavy atom. The molecule has 0 aliphatic rings. The quantitative estimate of drug-likeness (QED) is 0.788. The Kier molecular flexibility index (Phi) is 3.21. The Morgan fingerprint density at radius 1 is 1.21 bits per heavy atom. The first kappa shape index (κ1) is 11.1. The maximum atomic E-state index is 13.2. The molecule has 0 saturated carbocycles. The van der Waals surface area contributed by atoms with Gasteiger partial charge < -0.3 is 5.32 Å². The SMILES string of the molecule is CNC(C)(C)Cc1c(F)cccc1F. The lowest BCUT2D eigenvalue weighted by Crippen LogP contribution is -2.38. The van der Waals surface area contributed by atoms with Gasteiger partial charge in [0.05, 0.1) is 0 Å². The van der Waals surface area contributed by atoms with Crippen LogP contribution in [0.5, 0.6) is 0 Å². The summed E-state index contributed by atoms with van der Waals surface area (Å²) >= 11 is 0. The lowest BCUT2D eigenvalue weighted by atomic mass is 9.94. The van der Waals surface area contributed by atoms with Crippen LogP contribution in [0.15, 0.2) is 18.2 Å². The van der Waals surface area contributed by atoms with Gasteiger partial charge in [-0.25, -0.2) is 8.78 Å². The van der Waals surface area contributed by atoms with Crippen molar-refractivity contribution < 1.29 is 8.78 Å². The topological polar surface area (TPSA) is 12.0 Å². The van der Waals surface area contributed by atoms with Crippen LogP contribution in [0.1, 0.15) is 19.4 Å². The standard InChI is InChI=1S/C11H15F2N/c1-11(2,14-3)7-8-9(12)5-4-6-10(8)13/h4-6,14H,7H2,1-3H3. The lowest BCUT2D eigenvalue weighted by Gasteiger charge is -2.24. The van der Waals surface area contributed by atoms with Crippen LogP contribution in [0.3, 0.4) is 0 Å². The third-order valence-corrected chi connectivity index (χ3v) is 2.36. The number of benzene rings is 1. The number of hydrogen-bond acceptors (Lipinski definition) is 1. The van der Waals surface area contributed by atoms with E-state index in [-0.39, 0.29) is 11.1 Å². The molecule has 0 spiro atoms. The van der Waals surface area contributed by atoms with E-state index in [1.54, 1.807) is 7.05 Å². The van der Waals surface area contributed by atoms with Crippen molar-refractivity contribution in [3.05, 3.63) is 35.4 Å². The van der Waals surface area contributed by atoms with Gasteiger partial charge in [-0.2, -0.15) is 0 Å². The number of likely N-dealkylation sites (N-methyl/N-ethyl adjacent to an activating group) is 1. The highest BCUT2D eigenvalue weighted by Crippen LogP contribution is 2.18. The van der Waals surface area contributed by atoms with Gasteiger partial charge in [0.25, 0.3) is 0 Å². The van der Waals surface area contributed by atoms with Gasteiger partial charge in [-0.05, 0) is 39.4 Å². The van der Waals surface area contributed by atoms with Gasteiger partial charge in [-0.3, -0.25) is 0 Å². The molecule has 1 N–H and O–H groups in total. The zero-order valence-corrected chi connectivity index (χ0v) is 8.70. The van der Waals surface area contributed by atoms with Gasteiger partial charge in [0.15, 0.2) is 0 Å². The molecule has 0 fully saturated rings. The molecular formula is C11H15F2N. The highest BCUT2D eigenvalue weighted by Gasteiger charge is 2.20. The Labute approximate surface area is 83.1 Å². The van der Waals surface area contributed by atoms with E-state index in [9.17, 15) is 8.78 Å². The summed E-state index contributed by atoms with van der Waals surface area (Å²) in [7, 11) is 1.78. The summed E-state index contributed by atoms with van der Waals surface area (Å²) in [6.45, 7) is 3.80. The van der Waals surface area contributed by atoms with Crippen molar-refractivity contribution in [2.45, 2.75) is 25.8 Å². The highest BCUT2D eigenvalue weighted by molar-refractivity contribution is 5.21. The maximum Gasteiger partial charge on any atom is 0.129 e. The first-order valence-electron chi connectivity index (χ1n) is 4.58. The monoisotopic (exact) mass is 199 g/mol. The van der Waals surface area contributed by atoms with Crippen LogP contribution in [0.2, 0.25) is 0 Å². The van der Waals surface area contributed by atoms with Gasteiger partial charge in [-0.1, -0.05) is 6.07 Å². The molecule has 0 saturated heterocycles. The van der Waals surface area contributed by atoms with Crippen LogP contribution in [-0.4, -0.2) is 12.6 Å². The van der Waals surface area contributed by atoms with Gasteiger partial charge >= 0.3 is 0 Å². The number of rotatable bonds is 3. The second kappa shape index (κ2) is 4.05. The van der Waals surface area contributed by atoms with Gasteiger partial charge in [0, 0.05) is 11.1 Å². The summed E-state index contributed by atoms with van der Waals surface area (Å²) in [5.41, 5.74) is -0.157. The van der Waals surface area contributed by atoms with Crippen LogP contribution < -0.4 is 5.32 Å². The van der Waals surface area contributed by atoms with E-state index in [4.69, 9.17) is 0 Å². The Hall–Kier alpha value is -0.960. The fourth-order valence-corrected chi connectivity index (χ4v) is 1.23. The molecule has 0 aliphatic heterocycles. The molecule has 0 amide bonds. The molecule has 1 aromatic rings. The fourth-order valence-electron chi connectivity index (χ4n) is 1.23. The van der Waals surface area contributed by atoms with E-state index >= 15 is 0 Å². The Balaban J connectivity index is 2.97. The summed E-state index contributed by atoms with van der Waals surface area (Å²) in [5.74, 6) is -0.957. The first-order chi connectivity index (χ1) is 6.46. The largest absolute Gasteiger partial charge is 0.314 e. The normalized spacial score (nSPS) is 11.8. The smallest absolute Gasteiger partial charge is 0.129 e. The van der Waals surface area contributed by atoms with Crippen molar-refractivity contribution in [1.82, 2.24) is 5.32 Å². The zero-order chi connectivity index (χ0) is 10.8. The number of halogens is 2. The van der Waals surface area contributed by atoms with Crippen molar-refractivity contribution >= 4 is 0 Å². The third kappa shape index (κ3) is 2.51. The Morgan fingerprint density at radius 2 is 1.71 bits per heavy atom. The fraction of sp³-hybridized carbons (Fsp3) is 0.455. The average molecular weight is 199 g/mol. The van der Waals surface area contributed by atoms with Crippen LogP contribution >= 0.6 is 0 Å². The predicted octanol–water partition coefficient (Wildman–Crippen LogP) is 2.51. The van der Waals surface area contributed by atoms with Gasteiger partial charge in [-0.15, -0.1) is 0 Å². The van der Waals surface area contributed by atoms with Crippen molar-refractivity contribution in [2.24, 2.45) is 0 Å². The summed E-state index contributed by atoms with van der Waals surface area (Å²) in [4.78, 5) is 0. The average Bonchev–Trinajstić information content (AvgIpc) is 2.12. The second-order valence-corrected chi connectivity index (χ2v) is 4.01. The van der Waals surface area contributed by atoms with Gasteiger partial charge in [0.2, 0.25) is 0 Å². The molecule has 3 heteroatoms. The van der Waals surface area contributed by atoms with Crippen LogP contribution in [0.4, 0.5) is 8.78 Å². The van der Waals surface area contributed by atoms with E-state index in [1.165, 1.54) is 18.2 Å². The molecule has 1 aromatic carbocycles. The van der Waals surface area contributed by atoms with Gasteiger partial charge in [0.1, 0.15) is 11.6 Å². The third-order valence-electron chi connectivity index (χ3n) is 2.36. The van der Waals surface area contributed by atoms with E-state index in [1.807, 2.05) is 13.8 Å². The molecule has 0 heterocycles. The molecule has 14 heavy (non-hydrogen) atoms. The molecule has 0 bridgehead atoms. The summed E-state index contributed by atoms with van der Waals surface area (Å²) in [6.07, 6.45) is 0.335. The second-order valence-electron chi connectivity index (χ2n) is 4.01. The maximum absolute atomic E-state index is 13.2. The van der Waals surface area contributed by atoms with Crippen molar-refractivity contribution in [1.29, 1.82) is 0 Å². The minimum atomic E-state index is -0.478. The molecule has 0 atom stereocenters. The van der Waals surface area contributed by atoms with E-state index < -0.39 is 11.6 Å². The zero-order valence-electron chi connectivity index (χ0n) is 8.70. The molecule has 0 unspecified atom stereocenters. The van der Waals surface area contributed by atoms with E-state index in [2.05, 4.69) is 5.32 Å². The molecule has 78 valence electrons. The predicted molar refractivity (Wildman–Crippen MR) is 53.2 cm³/mol. The van der Waals surface area contributed by atoms with E-state index in [0.29, 0.717) is 6.42 Å². The first-order valence-corrected chi connectivity index (χ1v) is 4.58. The minimum absolute atomic E-state index is 0.145. The number of nitrogens with one attached hydrogen (secondary N) is 1. The molecule has 1 rings (SSSR count). The Bertz CT molecular complexity index is 301. The molecule has 0 radical (unpaired) electrons.